The summed E-state index contributed by atoms with van der Waals surface area (Å²) in [7, 11) is 1.64. The third-order valence-electron chi connectivity index (χ3n) is 1.99. The van der Waals surface area contributed by atoms with Crippen LogP contribution in [0.4, 0.5) is 0 Å². The first-order valence-electron chi connectivity index (χ1n) is 6.16. The number of carbonyl (C=O) groups is 1. The van der Waals surface area contributed by atoms with Crippen molar-refractivity contribution in [1.82, 2.24) is 5.32 Å². The van der Waals surface area contributed by atoms with Crippen molar-refractivity contribution < 1.29 is 23.7 Å². The van der Waals surface area contributed by atoms with E-state index < -0.39 is 0 Å². The van der Waals surface area contributed by atoms with E-state index in [1.54, 1.807) is 7.11 Å². The highest BCUT2D eigenvalue weighted by Gasteiger charge is 2.02. The molecule has 1 N–H and O–H groups in total. The standard InChI is InChI=1S/C12H25NO5/c1-11(13-12(2)14)10-18-9-8-17-7-6-16-5-4-15-3/h11H,4-10H2,1-3H3,(H,13,14)/t11-/m0/s1. The number of rotatable bonds is 12. The van der Waals surface area contributed by atoms with Crippen molar-refractivity contribution in [2.75, 3.05) is 53.4 Å². The van der Waals surface area contributed by atoms with E-state index in [1.165, 1.54) is 6.92 Å². The number of nitrogens with one attached hydrogen (secondary N) is 1. The van der Waals surface area contributed by atoms with Crippen LogP contribution in [0.1, 0.15) is 13.8 Å². The molecule has 0 aliphatic heterocycles. The van der Waals surface area contributed by atoms with Gasteiger partial charge in [-0.15, -0.1) is 0 Å². The molecule has 0 aromatic carbocycles. The first kappa shape index (κ1) is 17.3. The van der Waals surface area contributed by atoms with Crippen LogP contribution in [0.15, 0.2) is 0 Å². The largest absolute Gasteiger partial charge is 0.382 e. The van der Waals surface area contributed by atoms with E-state index >= 15 is 0 Å². The van der Waals surface area contributed by atoms with Crippen molar-refractivity contribution in [2.45, 2.75) is 19.9 Å². The van der Waals surface area contributed by atoms with Gasteiger partial charge in [0.25, 0.3) is 0 Å². The van der Waals surface area contributed by atoms with Gasteiger partial charge in [-0.25, -0.2) is 0 Å². The average molecular weight is 263 g/mol. The molecule has 6 nitrogen and oxygen atoms in total. The van der Waals surface area contributed by atoms with Crippen LogP contribution in [0, 0.1) is 0 Å². The van der Waals surface area contributed by atoms with Gasteiger partial charge in [-0.1, -0.05) is 0 Å². The molecule has 6 heteroatoms. The first-order chi connectivity index (χ1) is 8.66. The third kappa shape index (κ3) is 13.4. The van der Waals surface area contributed by atoms with Crippen molar-refractivity contribution in [2.24, 2.45) is 0 Å². The molecule has 0 aliphatic rings. The molecule has 1 atom stereocenters. The van der Waals surface area contributed by atoms with Crippen molar-refractivity contribution in [3.8, 4) is 0 Å². The SMILES string of the molecule is COCCOCCOCCOC[C@H](C)NC(C)=O. The van der Waals surface area contributed by atoms with Crippen LogP contribution in [0.25, 0.3) is 0 Å². The topological polar surface area (TPSA) is 66.0 Å². The zero-order chi connectivity index (χ0) is 13.6. The fourth-order valence-electron chi connectivity index (χ4n) is 1.23. The number of hydrogen-bond acceptors (Lipinski definition) is 5. The van der Waals surface area contributed by atoms with Gasteiger partial charge >= 0.3 is 0 Å². The fraction of sp³-hybridized carbons (Fsp3) is 0.917. The van der Waals surface area contributed by atoms with Crippen LogP contribution in [0.2, 0.25) is 0 Å². The first-order valence-corrected chi connectivity index (χ1v) is 6.16. The Hall–Kier alpha value is -0.690. The molecule has 0 rings (SSSR count). The molecule has 18 heavy (non-hydrogen) atoms. The molecule has 0 radical (unpaired) electrons. The highest BCUT2D eigenvalue weighted by atomic mass is 16.6. The Bertz CT molecular complexity index is 201. The Labute approximate surface area is 109 Å². The number of hydrogen-bond donors (Lipinski definition) is 1. The van der Waals surface area contributed by atoms with Crippen molar-refractivity contribution >= 4 is 5.91 Å². The average Bonchev–Trinajstić information content (AvgIpc) is 2.30. The second-order valence-electron chi connectivity index (χ2n) is 3.89. The minimum absolute atomic E-state index is 0.0277. The van der Waals surface area contributed by atoms with E-state index in [0.29, 0.717) is 46.2 Å². The second kappa shape index (κ2) is 12.8. The summed E-state index contributed by atoms with van der Waals surface area (Å²) in [6, 6.07) is 0.0277. The lowest BCUT2D eigenvalue weighted by molar-refractivity contribution is -0.120. The summed E-state index contributed by atoms with van der Waals surface area (Å²) in [4.78, 5) is 10.7. The highest BCUT2D eigenvalue weighted by molar-refractivity contribution is 5.73. The van der Waals surface area contributed by atoms with Gasteiger partial charge in [0.15, 0.2) is 0 Å². The van der Waals surface area contributed by atoms with Crippen LogP contribution in [0.3, 0.4) is 0 Å². The fourth-order valence-corrected chi connectivity index (χ4v) is 1.23. The van der Waals surface area contributed by atoms with Gasteiger partial charge in [-0.05, 0) is 6.92 Å². The highest BCUT2D eigenvalue weighted by Crippen LogP contribution is 1.86. The summed E-state index contributed by atoms with van der Waals surface area (Å²) >= 11 is 0. The van der Waals surface area contributed by atoms with Gasteiger partial charge in [-0.2, -0.15) is 0 Å². The number of ether oxygens (including phenoxy) is 4. The summed E-state index contributed by atoms with van der Waals surface area (Å²) in [5.41, 5.74) is 0. The van der Waals surface area contributed by atoms with Crippen LogP contribution in [0.5, 0.6) is 0 Å². The van der Waals surface area contributed by atoms with Crippen LogP contribution in [-0.2, 0) is 23.7 Å². The molecular formula is C12H25NO5. The maximum Gasteiger partial charge on any atom is 0.217 e. The molecule has 0 spiro atoms. The van der Waals surface area contributed by atoms with Crippen molar-refractivity contribution in [3.05, 3.63) is 0 Å². The van der Waals surface area contributed by atoms with Gasteiger partial charge < -0.3 is 24.3 Å². The van der Waals surface area contributed by atoms with Gasteiger partial charge in [0, 0.05) is 20.1 Å². The van der Waals surface area contributed by atoms with Gasteiger partial charge in [0.1, 0.15) is 0 Å². The number of methoxy groups -OCH3 is 1. The molecule has 0 aromatic heterocycles. The van der Waals surface area contributed by atoms with Crippen molar-refractivity contribution in [3.63, 3.8) is 0 Å². The maximum absolute atomic E-state index is 10.7. The molecule has 0 heterocycles. The summed E-state index contributed by atoms with van der Waals surface area (Å²) in [6.07, 6.45) is 0. The van der Waals surface area contributed by atoms with E-state index in [-0.39, 0.29) is 11.9 Å². The maximum atomic E-state index is 10.7. The van der Waals surface area contributed by atoms with Gasteiger partial charge in [0.05, 0.1) is 46.2 Å². The molecule has 108 valence electrons. The molecule has 0 bridgehead atoms. The molecular weight excluding hydrogens is 238 g/mol. The van der Waals surface area contributed by atoms with Gasteiger partial charge in [0.2, 0.25) is 5.91 Å². The lowest BCUT2D eigenvalue weighted by atomic mass is 10.3. The van der Waals surface area contributed by atoms with Crippen LogP contribution in [-0.4, -0.2) is 65.3 Å². The number of amides is 1. The van der Waals surface area contributed by atoms with E-state index in [9.17, 15) is 4.79 Å². The Morgan fingerprint density at radius 2 is 1.50 bits per heavy atom. The van der Waals surface area contributed by atoms with Crippen molar-refractivity contribution in [1.29, 1.82) is 0 Å². The minimum atomic E-state index is -0.0458. The molecule has 1 amide bonds. The Morgan fingerprint density at radius 3 is 2.00 bits per heavy atom. The molecule has 0 unspecified atom stereocenters. The van der Waals surface area contributed by atoms with E-state index in [1.807, 2.05) is 6.92 Å². The Morgan fingerprint density at radius 1 is 1.00 bits per heavy atom. The zero-order valence-electron chi connectivity index (χ0n) is 11.6. The van der Waals surface area contributed by atoms with Gasteiger partial charge in [-0.3, -0.25) is 4.79 Å². The molecule has 0 fully saturated rings. The lowest BCUT2D eigenvalue weighted by Crippen LogP contribution is -2.34. The third-order valence-corrected chi connectivity index (χ3v) is 1.99. The molecule has 0 saturated heterocycles. The molecule has 0 saturated carbocycles. The smallest absolute Gasteiger partial charge is 0.217 e. The normalized spacial score (nSPS) is 12.4. The van der Waals surface area contributed by atoms with E-state index in [2.05, 4.69) is 5.32 Å². The summed E-state index contributed by atoms with van der Waals surface area (Å²) in [5, 5.41) is 2.74. The van der Waals surface area contributed by atoms with Crippen LogP contribution < -0.4 is 5.32 Å². The quantitative estimate of drug-likeness (QED) is 0.510. The monoisotopic (exact) mass is 263 g/mol. The summed E-state index contributed by atoms with van der Waals surface area (Å²) in [5.74, 6) is -0.0458. The minimum Gasteiger partial charge on any atom is -0.382 e. The summed E-state index contributed by atoms with van der Waals surface area (Å²) < 4.78 is 20.7. The lowest BCUT2D eigenvalue weighted by Gasteiger charge is -2.12. The zero-order valence-corrected chi connectivity index (χ0v) is 11.6. The predicted molar refractivity (Wildman–Crippen MR) is 67.6 cm³/mol. The van der Waals surface area contributed by atoms with E-state index in [4.69, 9.17) is 18.9 Å². The molecule has 0 aliphatic carbocycles. The predicted octanol–water partition coefficient (Wildman–Crippen LogP) is 0.207. The summed E-state index contributed by atoms with van der Waals surface area (Å²) in [6.45, 7) is 7.22. The second-order valence-corrected chi connectivity index (χ2v) is 3.89. The Balaban J connectivity index is 3.09. The molecule has 0 aromatic rings. The van der Waals surface area contributed by atoms with E-state index in [0.717, 1.165) is 0 Å². The number of carbonyl (C=O) groups excluding carboxylic acids is 1. The Kier molecular flexibility index (Phi) is 12.3. The van der Waals surface area contributed by atoms with Crippen LogP contribution >= 0.6 is 0 Å².